The molecule has 3 fully saturated rings. The summed E-state index contributed by atoms with van der Waals surface area (Å²) in [6.45, 7) is 10.5. The zero-order valence-corrected chi connectivity index (χ0v) is 17.8. The monoisotopic (exact) mass is 401 g/mol. The molecule has 0 spiro atoms. The second-order valence-corrected chi connectivity index (χ2v) is 8.80. The van der Waals surface area contributed by atoms with Crippen molar-refractivity contribution in [2.75, 3.05) is 45.9 Å². The van der Waals surface area contributed by atoms with Crippen molar-refractivity contribution in [1.82, 2.24) is 14.7 Å². The van der Waals surface area contributed by atoms with Gasteiger partial charge in [-0.1, -0.05) is 18.2 Å². The third-order valence-corrected chi connectivity index (χ3v) is 6.65. The number of para-hydroxylation sites is 1. The predicted octanol–water partition coefficient (Wildman–Crippen LogP) is 2.24. The Morgan fingerprint density at radius 3 is 2.41 bits per heavy atom. The minimum atomic E-state index is -0.0718. The van der Waals surface area contributed by atoms with Gasteiger partial charge in [0.2, 0.25) is 5.91 Å². The van der Waals surface area contributed by atoms with Crippen LogP contribution in [0.15, 0.2) is 30.3 Å². The van der Waals surface area contributed by atoms with Crippen LogP contribution in [0.2, 0.25) is 0 Å². The lowest BCUT2D eigenvalue weighted by atomic mass is 10.0. The maximum Gasteiger partial charge on any atom is 0.240 e. The largest absolute Gasteiger partial charge is 0.489 e. The Morgan fingerprint density at radius 1 is 1.07 bits per heavy atom. The Hall–Kier alpha value is -1.63. The third-order valence-electron chi connectivity index (χ3n) is 6.65. The van der Waals surface area contributed by atoms with Crippen LogP contribution in [0.1, 0.15) is 33.1 Å². The third kappa shape index (κ3) is 4.93. The van der Waals surface area contributed by atoms with E-state index in [4.69, 9.17) is 9.47 Å². The van der Waals surface area contributed by atoms with Crippen molar-refractivity contribution < 1.29 is 14.3 Å². The molecule has 0 bridgehead atoms. The number of amides is 1. The number of likely N-dealkylation sites (tertiary alicyclic amines) is 1. The average molecular weight is 402 g/mol. The van der Waals surface area contributed by atoms with Gasteiger partial charge in [0.05, 0.1) is 6.04 Å². The maximum atomic E-state index is 13.5. The highest BCUT2D eigenvalue weighted by atomic mass is 16.5. The van der Waals surface area contributed by atoms with Crippen LogP contribution in [0.4, 0.5) is 0 Å². The number of piperazine rings is 1. The lowest BCUT2D eigenvalue weighted by molar-refractivity contribution is -0.139. The molecule has 2 atom stereocenters. The Balaban J connectivity index is 1.44. The van der Waals surface area contributed by atoms with Crippen molar-refractivity contribution in [2.45, 2.75) is 57.3 Å². The summed E-state index contributed by atoms with van der Waals surface area (Å²) < 4.78 is 11.8. The summed E-state index contributed by atoms with van der Waals surface area (Å²) in [4.78, 5) is 20.5. The summed E-state index contributed by atoms with van der Waals surface area (Å²) in [5.41, 5.74) is 0. The zero-order chi connectivity index (χ0) is 20.2. The summed E-state index contributed by atoms with van der Waals surface area (Å²) in [6, 6.07) is 10.9. The van der Waals surface area contributed by atoms with Crippen molar-refractivity contribution in [3.8, 4) is 5.75 Å². The fourth-order valence-corrected chi connectivity index (χ4v) is 4.93. The summed E-state index contributed by atoms with van der Waals surface area (Å²) >= 11 is 0. The number of rotatable bonds is 5. The first-order valence-corrected chi connectivity index (χ1v) is 11.2. The number of benzene rings is 1. The van der Waals surface area contributed by atoms with E-state index in [1.54, 1.807) is 0 Å². The van der Waals surface area contributed by atoms with Gasteiger partial charge < -0.3 is 14.4 Å². The molecule has 3 heterocycles. The molecule has 160 valence electrons. The quantitative estimate of drug-likeness (QED) is 0.757. The Morgan fingerprint density at radius 2 is 1.76 bits per heavy atom. The highest BCUT2D eigenvalue weighted by molar-refractivity contribution is 5.82. The summed E-state index contributed by atoms with van der Waals surface area (Å²) in [6.07, 6.45) is 2.84. The SMILES string of the molecule is CC(C)N1CCN(C(=O)[C@@H]2C[C@H](Oc3ccccc3)CN2C2CCOCC2)CC1. The van der Waals surface area contributed by atoms with E-state index < -0.39 is 0 Å². The molecule has 1 amide bonds. The molecule has 0 aliphatic carbocycles. The van der Waals surface area contributed by atoms with Crippen molar-refractivity contribution in [3.05, 3.63) is 30.3 Å². The summed E-state index contributed by atoms with van der Waals surface area (Å²) in [7, 11) is 0. The molecule has 0 saturated carbocycles. The summed E-state index contributed by atoms with van der Waals surface area (Å²) in [5.74, 6) is 1.18. The van der Waals surface area contributed by atoms with E-state index in [-0.39, 0.29) is 12.1 Å². The molecule has 3 aliphatic heterocycles. The van der Waals surface area contributed by atoms with E-state index in [9.17, 15) is 4.79 Å². The number of hydrogen-bond acceptors (Lipinski definition) is 5. The molecular formula is C23H35N3O3. The molecule has 3 saturated heterocycles. The van der Waals surface area contributed by atoms with E-state index in [0.717, 1.165) is 70.9 Å². The van der Waals surface area contributed by atoms with Gasteiger partial charge in [-0.25, -0.2) is 0 Å². The molecule has 6 nitrogen and oxygen atoms in total. The number of nitrogens with zero attached hydrogens (tertiary/aromatic N) is 3. The molecular weight excluding hydrogens is 366 g/mol. The maximum absolute atomic E-state index is 13.5. The normalized spacial score (nSPS) is 27.5. The van der Waals surface area contributed by atoms with E-state index >= 15 is 0 Å². The molecule has 3 aliphatic rings. The van der Waals surface area contributed by atoms with Crippen LogP contribution >= 0.6 is 0 Å². The zero-order valence-electron chi connectivity index (χ0n) is 17.8. The fraction of sp³-hybridized carbons (Fsp3) is 0.696. The van der Waals surface area contributed by atoms with Gasteiger partial charge in [-0.05, 0) is 38.8 Å². The first-order valence-electron chi connectivity index (χ1n) is 11.2. The lowest BCUT2D eigenvalue weighted by Gasteiger charge is -2.40. The number of carbonyl (C=O) groups excluding carboxylic acids is 1. The number of carbonyl (C=O) groups is 1. The van der Waals surface area contributed by atoms with Gasteiger partial charge in [0, 0.05) is 64.4 Å². The first kappa shape index (κ1) is 20.6. The molecule has 4 rings (SSSR count). The minimum Gasteiger partial charge on any atom is -0.489 e. The van der Waals surface area contributed by atoms with Crippen LogP contribution < -0.4 is 4.74 Å². The second-order valence-electron chi connectivity index (χ2n) is 8.80. The molecule has 0 N–H and O–H groups in total. The van der Waals surface area contributed by atoms with Gasteiger partial charge in [0.25, 0.3) is 0 Å². The highest BCUT2D eigenvalue weighted by Crippen LogP contribution is 2.29. The van der Waals surface area contributed by atoms with Crippen LogP contribution in [0.3, 0.4) is 0 Å². The van der Waals surface area contributed by atoms with Crippen LogP contribution in [-0.4, -0.2) is 90.8 Å². The molecule has 1 aromatic rings. The van der Waals surface area contributed by atoms with E-state index in [1.807, 2.05) is 30.3 Å². The van der Waals surface area contributed by atoms with Crippen LogP contribution in [0.5, 0.6) is 5.75 Å². The lowest BCUT2D eigenvalue weighted by Crippen LogP contribution is -2.56. The molecule has 1 aromatic carbocycles. The number of hydrogen-bond donors (Lipinski definition) is 0. The standard InChI is InChI=1S/C23H35N3O3/c1-18(2)24-10-12-25(13-11-24)23(27)22-16-21(29-20-6-4-3-5-7-20)17-26(22)19-8-14-28-15-9-19/h3-7,18-19,21-22H,8-17H2,1-2H3/t21-,22-/m0/s1. The Kier molecular flexibility index (Phi) is 6.73. The fourth-order valence-electron chi connectivity index (χ4n) is 4.93. The summed E-state index contributed by atoms with van der Waals surface area (Å²) in [5, 5.41) is 0. The molecule has 0 unspecified atom stereocenters. The first-order chi connectivity index (χ1) is 14.1. The Labute approximate surface area is 174 Å². The van der Waals surface area contributed by atoms with Gasteiger partial charge in [-0.3, -0.25) is 14.6 Å². The van der Waals surface area contributed by atoms with E-state index in [2.05, 4.69) is 28.5 Å². The average Bonchev–Trinajstić information content (AvgIpc) is 3.18. The van der Waals surface area contributed by atoms with E-state index in [0.29, 0.717) is 18.0 Å². The van der Waals surface area contributed by atoms with Crippen molar-refractivity contribution in [1.29, 1.82) is 0 Å². The van der Waals surface area contributed by atoms with Crippen molar-refractivity contribution in [2.24, 2.45) is 0 Å². The molecule has 6 heteroatoms. The molecule has 0 radical (unpaired) electrons. The highest BCUT2D eigenvalue weighted by Gasteiger charge is 2.43. The van der Waals surface area contributed by atoms with Gasteiger partial charge in [-0.2, -0.15) is 0 Å². The van der Waals surface area contributed by atoms with Gasteiger partial charge in [0.15, 0.2) is 0 Å². The molecule has 29 heavy (non-hydrogen) atoms. The van der Waals surface area contributed by atoms with Gasteiger partial charge in [0.1, 0.15) is 11.9 Å². The van der Waals surface area contributed by atoms with Gasteiger partial charge >= 0.3 is 0 Å². The number of ether oxygens (including phenoxy) is 2. The smallest absolute Gasteiger partial charge is 0.240 e. The van der Waals surface area contributed by atoms with E-state index in [1.165, 1.54) is 0 Å². The van der Waals surface area contributed by atoms with Crippen LogP contribution in [0, 0.1) is 0 Å². The predicted molar refractivity (Wildman–Crippen MR) is 113 cm³/mol. The topological polar surface area (TPSA) is 45.2 Å². The van der Waals surface area contributed by atoms with Gasteiger partial charge in [-0.15, -0.1) is 0 Å². The minimum absolute atomic E-state index is 0.0612. The van der Waals surface area contributed by atoms with Crippen LogP contribution in [-0.2, 0) is 9.53 Å². The second kappa shape index (κ2) is 9.45. The van der Waals surface area contributed by atoms with Crippen LogP contribution in [0.25, 0.3) is 0 Å². The van der Waals surface area contributed by atoms with Crippen molar-refractivity contribution >= 4 is 5.91 Å². The molecule has 0 aromatic heterocycles. The Bertz CT molecular complexity index is 655. The van der Waals surface area contributed by atoms with Crippen molar-refractivity contribution in [3.63, 3.8) is 0 Å².